The van der Waals surface area contributed by atoms with E-state index in [1.54, 1.807) is 12.3 Å². The molecule has 1 aromatic carbocycles. The van der Waals surface area contributed by atoms with E-state index < -0.39 is 11.7 Å². The number of nitrogens with one attached hydrogen (secondary N) is 1. The molecule has 3 nitrogen and oxygen atoms in total. The van der Waals surface area contributed by atoms with Crippen molar-refractivity contribution >= 4 is 16.6 Å². The third-order valence-electron chi connectivity index (χ3n) is 4.49. The van der Waals surface area contributed by atoms with E-state index in [9.17, 15) is 13.2 Å². The Morgan fingerprint density at radius 2 is 1.83 bits per heavy atom. The van der Waals surface area contributed by atoms with Gasteiger partial charge in [0.15, 0.2) is 0 Å². The summed E-state index contributed by atoms with van der Waals surface area (Å²) in [6.07, 6.45) is 1.50. The van der Waals surface area contributed by atoms with E-state index >= 15 is 0 Å². The van der Waals surface area contributed by atoms with Gasteiger partial charge in [-0.1, -0.05) is 0 Å². The standard InChI is InChI=1S/C18H16F3N3/c19-18(20,21)13-3-4-15-12(9-13)10-16(23-15)14-5-6-22-11-17(14)24-7-1-2-8-24/h3-6,9-11,23H,1-2,7-8H2. The number of alkyl halides is 3. The molecule has 0 unspecified atom stereocenters. The highest BCUT2D eigenvalue weighted by molar-refractivity contribution is 5.89. The summed E-state index contributed by atoms with van der Waals surface area (Å²) in [7, 11) is 0. The van der Waals surface area contributed by atoms with Gasteiger partial charge in [-0.3, -0.25) is 4.98 Å². The minimum absolute atomic E-state index is 0.559. The van der Waals surface area contributed by atoms with Crippen LogP contribution >= 0.6 is 0 Å². The number of anilines is 1. The van der Waals surface area contributed by atoms with Crippen molar-refractivity contribution in [3.05, 3.63) is 48.3 Å². The van der Waals surface area contributed by atoms with Gasteiger partial charge < -0.3 is 9.88 Å². The molecule has 1 N–H and O–H groups in total. The Morgan fingerprint density at radius 1 is 1.04 bits per heavy atom. The predicted octanol–water partition coefficient (Wildman–Crippen LogP) is 4.85. The SMILES string of the molecule is FC(F)(F)c1ccc2[nH]c(-c3ccncc3N3CCCC3)cc2c1. The lowest BCUT2D eigenvalue weighted by molar-refractivity contribution is -0.137. The van der Waals surface area contributed by atoms with Gasteiger partial charge in [0.05, 0.1) is 17.4 Å². The number of H-pyrrole nitrogens is 1. The highest BCUT2D eigenvalue weighted by Crippen LogP contribution is 2.35. The molecule has 0 radical (unpaired) electrons. The summed E-state index contributed by atoms with van der Waals surface area (Å²) in [5.74, 6) is 0. The van der Waals surface area contributed by atoms with Crippen LogP contribution in [-0.2, 0) is 6.18 Å². The van der Waals surface area contributed by atoms with Crippen LogP contribution in [0.2, 0.25) is 0 Å². The summed E-state index contributed by atoms with van der Waals surface area (Å²) < 4.78 is 38.7. The van der Waals surface area contributed by atoms with Crippen LogP contribution in [-0.4, -0.2) is 23.1 Å². The summed E-state index contributed by atoms with van der Waals surface area (Å²) in [6.45, 7) is 1.97. The van der Waals surface area contributed by atoms with Crippen LogP contribution in [0, 0.1) is 0 Å². The summed E-state index contributed by atoms with van der Waals surface area (Å²) in [4.78, 5) is 9.72. The zero-order valence-electron chi connectivity index (χ0n) is 12.9. The van der Waals surface area contributed by atoms with Crippen LogP contribution in [0.5, 0.6) is 0 Å². The second-order valence-electron chi connectivity index (χ2n) is 6.07. The Morgan fingerprint density at radius 3 is 2.58 bits per heavy atom. The van der Waals surface area contributed by atoms with E-state index in [0.29, 0.717) is 10.9 Å². The van der Waals surface area contributed by atoms with Crippen molar-refractivity contribution in [1.82, 2.24) is 9.97 Å². The zero-order chi connectivity index (χ0) is 16.7. The molecule has 0 amide bonds. The molecule has 6 heteroatoms. The fraction of sp³-hybridized carbons (Fsp3) is 0.278. The largest absolute Gasteiger partial charge is 0.416 e. The smallest absolute Gasteiger partial charge is 0.370 e. The molecule has 0 bridgehead atoms. The molecule has 0 spiro atoms. The zero-order valence-corrected chi connectivity index (χ0v) is 12.9. The van der Waals surface area contributed by atoms with Crippen molar-refractivity contribution in [2.75, 3.05) is 18.0 Å². The number of rotatable bonds is 2. The molecule has 0 saturated carbocycles. The quantitative estimate of drug-likeness (QED) is 0.728. The first kappa shape index (κ1) is 15.1. The number of pyridine rings is 1. The maximum absolute atomic E-state index is 12.9. The minimum Gasteiger partial charge on any atom is -0.370 e. The van der Waals surface area contributed by atoms with Crippen molar-refractivity contribution in [3.63, 3.8) is 0 Å². The number of benzene rings is 1. The Balaban J connectivity index is 1.80. The van der Waals surface area contributed by atoms with E-state index in [1.165, 1.54) is 12.1 Å². The Hall–Kier alpha value is -2.50. The molecule has 0 aliphatic carbocycles. The van der Waals surface area contributed by atoms with Crippen molar-refractivity contribution in [2.45, 2.75) is 19.0 Å². The molecular weight excluding hydrogens is 315 g/mol. The number of hydrogen-bond donors (Lipinski definition) is 1. The van der Waals surface area contributed by atoms with Crippen LogP contribution in [0.4, 0.5) is 18.9 Å². The number of fused-ring (bicyclic) bond motifs is 1. The van der Waals surface area contributed by atoms with E-state index in [4.69, 9.17) is 0 Å². The summed E-state index contributed by atoms with van der Waals surface area (Å²) in [5.41, 5.74) is 2.88. The maximum atomic E-state index is 12.9. The third-order valence-corrected chi connectivity index (χ3v) is 4.49. The molecule has 1 saturated heterocycles. The fourth-order valence-electron chi connectivity index (χ4n) is 3.28. The Kier molecular flexibility index (Phi) is 3.48. The summed E-state index contributed by atoms with van der Waals surface area (Å²) >= 11 is 0. The molecule has 1 fully saturated rings. The molecule has 0 atom stereocenters. The van der Waals surface area contributed by atoms with Crippen LogP contribution in [0.1, 0.15) is 18.4 Å². The molecule has 1 aliphatic heterocycles. The van der Waals surface area contributed by atoms with Gasteiger partial charge in [-0.25, -0.2) is 0 Å². The van der Waals surface area contributed by atoms with Crippen LogP contribution in [0.3, 0.4) is 0 Å². The molecule has 4 rings (SSSR count). The molecule has 1 aliphatic rings. The maximum Gasteiger partial charge on any atom is 0.416 e. The van der Waals surface area contributed by atoms with Crippen LogP contribution in [0.15, 0.2) is 42.7 Å². The molecule has 24 heavy (non-hydrogen) atoms. The second kappa shape index (κ2) is 5.54. The lowest BCUT2D eigenvalue weighted by atomic mass is 10.1. The van der Waals surface area contributed by atoms with Gasteiger partial charge in [-0.05, 0) is 43.2 Å². The first-order valence-electron chi connectivity index (χ1n) is 7.92. The highest BCUT2D eigenvalue weighted by Gasteiger charge is 2.30. The van der Waals surface area contributed by atoms with Gasteiger partial charge in [0, 0.05) is 41.4 Å². The van der Waals surface area contributed by atoms with E-state index in [-0.39, 0.29) is 0 Å². The van der Waals surface area contributed by atoms with Gasteiger partial charge in [-0.2, -0.15) is 13.2 Å². The molecule has 124 valence electrons. The lowest BCUT2D eigenvalue weighted by Crippen LogP contribution is -2.18. The third kappa shape index (κ3) is 2.62. The molecule has 2 aromatic heterocycles. The number of halogens is 3. The second-order valence-corrected chi connectivity index (χ2v) is 6.07. The first-order valence-corrected chi connectivity index (χ1v) is 7.92. The van der Waals surface area contributed by atoms with Gasteiger partial charge in [-0.15, -0.1) is 0 Å². The summed E-state index contributed by atoms with van der Waals surface area (Å²) in [6, 6.07) is 7.46. The van der Waals surface area contributed by atoms with Gasteiger partial charge >= 0.3 is 6.18 Å². The number of nitrogens with zero attached hydrogens (tertiary/aromatic N) is 2. The van der Waals surface area contributed by atoms with Gasteiger partial charge in [0.1, 0.15) is 0 Å². The average molecular weight is 331 g/mol. The van der Waals surface area contributed by atoms with E-state index in [1.807, 2.05) is 12.3 Å². The lowest BCUT2D eigenvalue weighted by Gasteiger charge is -2.20. The van der Waals surface area contributed by atoms with E-state index in [0.717, 1.165) is 48.9 Å². The topological polar surface area (TPSA) is 31.9 Å². The molecular formula is C18H16F3N3. The van der Waals surface area contributed by atoms with Gasteiger partial charge in [0.2, 0.25) is 0 Å². The van der Waals surface area contributed by atoms with Crippen molar-refractivity contribution in [1.29, 1.82) is 0 Å². The van der Waals surface area contributed by atoms with Crippen LogP contribution < -0.4 is 4.90 Å². The van der Waals surface area contributed by atoms with Gasteiger partial charge in [0.25, 0.3) is 0 Å². The first-order chi connectivity index (χ1) is 11.5. The number of aromatic nitrogens is 2. The van der Waals surface area contributed by atoms with Crippen molar-refractivity contribution < 1.29 is 13.2 Å². The van der Waals surface area contributed by atoms with Crippen molar-refractivity contribution in [2.24, 2.45) is 0 Å². The number of aromatic amines is 1. The highest BCUT2D eigenvalue weighted by atomic mass is 19.4. The fourth-order valence-corrected chi connectivity index (χ4v) is 3.28. The number of hydrogen-bond acceptors (Lipinski definition) is 2. The van der Waals surface area contributed by atoms with Crippen LogP contribution in [0.25, 0.3) is 22.2 Å². The molecule has 3 aromatic rings. The normalized spacial score (nSPS) is 15.4. The minimum atomic E-state index is -4.33. The molecule has 3 heterocycles. The summed E-state index contributed by atoms with van der Waals surface area (Å²) in [5, 5.41) is 0.559. The van der Waals surface area contributed by atoms with E-state index in [2.05, 4.69) is 14.9 Å². The monoisotopic (exact) mass is 331 g/mol. The van der Waals surface area contributed by atoms with Crippen molar-refractivity contribution in [3.8, 4) is 11.3 Å². The predicted molar refractivity (Wildman–Crippen MR) is 88.0 cm³/mol. The Bertz CT molecular complexity index is 877. The Labute approximate surface area is 137 Å². The average Bonchev–Trinajstić information content (AvgIpc) is 3.22.